The number of amides is 1. The van der Waals surface area contributed by atoms with Gasteiger partial charge in [-0.25, -0.2) is 0 Å². The highest BCUT2D eigenvalue weighted by atomic mass is 16.5. The molecule has 1 aromatic rings. The summed E-state index contributed by atoms with van der Waals surface area (Å²) in [5, 5.41) is 9.55. The Balaban J connectivity index is 2.37. The predicted molar refractivity (Wildman–Crippen MR) is 55.1 cm³/mol. The van der Waals surface area contributed by atoms with E-state index in [4.69, 9.17) is 14.6 Å². The molecule has 1 aromatic carbocycles. The van der Waals surface area contributed by atoms with Crippen LogP contribution in [0.3, 0.4) is 0 Å². The Morgan fingerprint density at radius 1 is 1.62 bits per heavy atom. The van der Waals surface area contributed by atoms with Crippen molar-refractivity contribution in [2.24, 2.45) is 0 Å². The minimum absolute atomic E-state index is 0.271. The second kappa shape index (κ2) is 4.42. The fourth-order valence-corrected chi connectivity index (χ4v) is 1.45. The molecule has 1 heterocycles. The van der Waals surface area contributed by atoms with Crippen LogP contribution in [0.25, 0.3) is 0 Å². The summed E-state index contributed by atoms with van der Waals surface area (Å²) in [6.07, 6.45) is -0.790. The fourth-order valence-electron chi connectivity index (χ4n) is 1.45. The number of hydrogen-bond acceptors (Lipinski definition) is 4. The zero-order valence-corrected chi connectivity index (χ0v) is 8.79. The number of carbonyl (C=O) groups is 1. The van der Waals surface area contributed by atoms with Crippen LogP contribution in [-0.4, -0.2) is 30.8 Å². The van der Waals surface area contributed by atoms with Gasteiger partial charge >= 0.3 is 5.91 Å². The first-order chi connectivity index (χ1) is 7.76. The van der Waals surface area contributed by atoms with Crippen LogP contribution in [0.2, 0.25) is 0 Å². The van der Waals surface area contributed by atoms with Gasteiger partial charge in [-0.3, -0.25) is 9.37 Å². The lowest BCUT2D eigenvalue weighted by Crippen LogP contribution is -2.33. The van der Waals surface area contributed by atoms with E-state index in [-0.39, 0.29) is 12.5 Å². The molecule has 0 saturated carbocycles. The van der Waals surface area contributed by atoms with Gasteiger partial charge in [0.15, 0.2) is 12.8 Å². The number of ether oxygens (including phenoxy) is 2. The van der Waals surface area contributed by atoms with E-state index >= 15 is 0 Å². The highest BCUT2D eigenvalue weighted by Gasteiger charge is 2.29. The number of rotatable bonds is 2. The number of benzene rings is 1. The van der Waals surface area contributed by atoms with Crippen molar-refractivity contribution in [1.82, 2.24) is 4.58 Å². The SMILES string of the molecule is CO[c-]1ccc(=[N+]2[CH-]OC(CO)C2=O)cc1. The molecule has 5 heteroatoms. The van der Waals surface area contributed by atoms with Gasteiger partial charge in [0.25, 0.3) is 0 Å². The molecule has 1 fully saturated rings. The summed E-state index contributed by atoms with van der Waals surface area (Å²) in [7, 11) is 1.58. The molecule has 1 aliphatic heterocycles. The van der Waals surface area contributed by atoms with Crippen LogP contribution in [0.5, 0.6) is 5.75 Å². The molecule has 1 aliphatic rings. The van der Waals surface area contributed by atoms with Crippen molar-refractivity contribution < 1.29 is 19.4 Å². The fraction of sp³-hybridized carbons (Fsp3) is 0.273. The van der Waals surface area contributed by atoms with Crippen molar-refractivity contribution in [3.05, 3.63) is 36.4 Å². The molecule has 0 spiro atoms. The number of aliphatic hydroxyl groups excluding tert-OH is 1. The van der Waals surface area contributed by atoms with Crippen molar-refractivity contribution in [3.63, 3.8) is 0 Å². The number of carbonyl (C=O) groups excluding carboxylic acids is 1. The van der Waals surface area contributed by atoms with Crippen molar-refractivity contribution in [2.75, 3.05) is 13.7 Å². The monoisotopic (exact) mass is 222 g/mol. The first kappa shape index (κ1) is 10.8. The molecule has 1 atom stereocenters. The van der Waals surface area contributed by atoms with Gasteiger partial charge in [0.2, 0.25) is 0 Å². The summed E-state index contributed by atoms with van der Waals surface area (Å²) >= 11 is 0. The Morgan fingerprint density at radius 3 is 2.81 bits per heavy atom. The van der Waals surface area contributed by atoms with Gasteiger partial charge in [0.05, 0.1) is 13.7 Å². The average molecular weight is 222 g/mol. The lowest BCUT2D eigenvalue weighted by molar-refractivity contribution is -0.126. The van der Waals surface area contributed by atoms with E-state index in [1.54, 1.807) is 31.4 Å². The minimum Gasteiger partial charge on any atom is -0.554 e. The largest absolute Gasteiger partial charge is 0.554 e. The maximum atomic E-state index is 11.7. The van der Waals surface area contributed by atoms with Gasteiger partial charge in [-0.05, 0) is 0 Å². The van der Waals surface area contributed by atoms with E-state index in [0.717, 1.165) is 5.75 Å². The number of methoxy groups -OCH3 is 1. The minimum atomic E-state index is -0.790. The third-order valence-electron chi connectivity index (χ3n) is 2.36. The van der Waals surface area contributed by atoms with Crippen LogP contribution in [0, 0.1) is 6.73 Å². The van der Waals surface area contributed by atoms with Gasteiger partial charge < -0.3 is 14.6 Å². The van der Waals surface area contributed by atoms with Crippen molar-refractivity contribution in [2.45, 2.75) is 6.10 Å². The smallest absolute Gasteiger partial charge is 0.313 e. The highest BCUT2D eigenvalue weighted by molar-refractivity contribution is 5.84. The summed E-state index contributed by atoms with van der Waals surface area (Å²) in [5.74, 6) is 0.447. The third kappa shape index (κ3) is 1.82. The molecule has 0 aliphatic carbocycles. The average Bonchev–Trinajstić information content (AvgIpc) is 2.70. The molecule has 1 amide bonds. The molecular formula is C11H12NO4-. The summed E-state index contributed by atoms with van der Waals surface area (Å²) in [6.45, 7) is 0.993. The first-order valence-corrected chi connectivity index (χ1v) is 4.83. The predicted octanol–water partition coefficient (Wildman–Crippen LogP) is -0.777. The Morgan fingerprint density at radius 2 is 2.31 bits per heavy atom. The zero-order valence-electron chi connectivity index (χ0n) is 8.79. The van der Waals surface area contributed by atoms with Crippen molar-refractivity contribution in [1.29, 1.82) is 0 Å². The van der Waals surface area contributed by atoms with Crippen LogP contribution in [0.4, 0.5) is 0 Å². The molecule has 0 bridgehead atoms. The van der Waals surface area contributed by atoms with Crippen LogP contribution >= 0.6 is 0 Å². The molecule has 86 valence electrons. The van der Waals surface area contributed by atoms with Gasteiger partial charge in [-0.2, -0.15) is 12.1 Å². The second-order valence-corrected chi connectivity index (χ2v) is 3.32. The first-order valence-electron chi connectivity index (χ1n) is 4.83. The summed E-state index contributed by atoms with van der Waals surface area (Å²) in [5.41, 5.74) is 0. The Labute approximate surface area is 92.5 Å². The molecule has 0 radical (unpaired) electrons. The molecule has 2 rings (SSSR count). The van der Waals surface area contributed by atoms with Gasteiger partial charge in [0.1, 0.15) is 0 Å². The maximum absolute atomic E-state index is 11.7. The van der Waals surface area contributed by atoms with Crippen LogP contribution in [-0.2, 0) is 9.53 Å². The molecule has 1 saturated heterocycles. The van der Waals surface area contributed by atoms with Gasteiger partial charge in [-0.15, -0.1) is 12.1 Å². The molecule has 5 nitrogen and oxygen atoms in total. The molecule has 1 unspecified atom stereocenters. The van der Waals surface area contributed by atoms with E-state index in [0.29, 0.717) is 5.36 Å². The molecular weight excluding hydrogens is 210 g/mol. The zero-order chi connectivity index (χ0) is 11.5. The standard InChI is InChI=1S/C11H12NO4/c1-15-9-4-2-8(3-5-9)12-7-16-10(6-13)11(12)14/h2-5,7,10,13H,6H2,1H3/q-1. The molecule has 16 heavy (non-hydrogen) atoms. The molecule has 0 aromatic heterocycles. The highest BCUT2D eigenvalue weighted by Crippen LogP contribution is 2.07. The van der Waals surface area contributed by atoms with Crippen LogP contribution in [0.15, 0.2) is 24.3 Å². The number of aliphatic hydroxyl groups is 1. The summed E-state index contributed by atoms with van der Waals surface area (Å²) in [4.78, 5) is 11.7. The Hall–Kier alpha value is -1.72. The summed E-state index contributed by atoms with van der Waals surface area (Å²) in [6, 6.07) is 7.00. The topological polar surface area (TPSA) is 58.8 Å². The van der Waals surface area contributed by atoms with E-state index < -0.39 is 6.10 Å². The van der Waals surface area contributed by atoms with E-state index in [1.165, 1.54) is 11.3 Å². The van der Waals surface area contributed by atoms with Crippen LogP contribution in [0.1, 0.15) is 0 Å². The summed E-state index contributed by atoms with van der Waals surface area (Å²) < 4.78 is 11.4. The van der Waals surface area contributed by atoms with E-state index in [1.807, 2.05) is 0 Å². The van der Waals surface area contributed by atoms with Crippen molar-refractivity contribution in [3.8, 4) is 5.75 Å². The van der Waals surface area contributed by atoms with Gasteiger partial charge in [0, 0.05) is 11.1 Å². The third-order valence-corrected chi connectivity index (χ3v) is 2.36. The quantitative estimate of drug-likeness (QED) is 0.527. The van der Waals surface area contributed by atoms with Crippen LogP contribution < -0.4 is 14.7 Å². The van der Waals surface area contributed by atoms with E-state index in [9.17, 15) is 4.79 Å². The second-order valence-electron chi connectivity index (χ2n) is 3.32. The van der Waals surface area contributed by atoms with Gasteiger partial charge in [-0.1, -0.05) is 0 Å². The lowest BCUT2D eigenvalue weighted by atomic mass is 10.3. The molecule has 1 N–H and O–H groups in total. The number of nitrogens with zero attached hydrogens (tertiary/aromatic N) is 1. The lowest BCUT2D eigenvalue weighted by Gasteiger charge is -2.07. The Kier molecular flexibility index (Phi) is 2.98. The number of hydrogen-bond donors (Lipinski definition) is 1. The van der Waals surface area contributed by atoms with E-state index in [2.05, 4.69) is 0 Å². The Bertz CT molecular complexity index is 443. The van der Waals surface area contributed by atoms with Crippen molar-refractivity contribution >= 4 is 5.91 Å². The normalized spacial score (nSPS) is 19.8. The maximum Gasteiger partial charge on any atom is 0.313 e.